The molecule has 0 bridgehead atoms. The minimum absolute atomic E-state index is 0.0750. The Morgan fingerprint density at radius 1 is 0.909 bits per heavy atom. The third-order valence-electron chi connectivity index (χ3n) is 4.62. The number of hydrogen-bond acceptors (Lipinski definition) is 8. The standard InChI is InChI=1S/C22H18N6O4S/c23-28-27-22-19-7-2-1-6-18(19)21(33(29,30)31)13-20(22)26-25-15-8-10-17(11-9-15)32-14-16-5-3-4-12-24-16/h1-13H,14H2,(H2,23,27)(H,29,30,31). The molecule has 3 N–H and O–H groups in total. The van der Waals surface area contributed by atoms with Gasteiger partial charge in [-0.05, 0) is 42.5 Å². The average Bonchev–Trinajstić information content (AvgIpc) is 2.83. The molecular formula is C22H18N6O4S. The lowest BCUT2D eigenvalue weighted by Crippen LogP contribution is -1.99. The van der Waals surface area contributed by atoms with Crippen molar-refractivity contribution in [3.8, 4) is 5.75 Å². The van der Waals surface area contributed by atoms with E-state index in [2.05, 4.69) is 25.5 Å². The van der Waals surface area contributed by atoms with E-state index < -0.39 is 10.1 Å². The summed E-state index contributed by atoms with van der Waals surface area (Å²) in [6.07, 6.45) is 1.70. The molecule has 1 aromatic heterocycles. The van der Waals surface area contributed by atoms with E-state index in [1.54, 1.807) is 54.7 Å². The first-order valence-electron chi connectivity index (χ1n) is 9.64. The summed E-state index contributed by atoms with van der Waals surface area (Å²) in [7, 11) is -4.53. The molecule has 0 saturated carbocycles. The molecule has 0 aliphatic heterocycles. The highest BCUT2D eigenvalue weighted by atomic mass is 32.2. The van der Waals surface area contributed by atoms with Gasteiger partial charge in [-0.1, -0.05) is 35.6 Å². The Hall–Kier alpha value is -4.22. The van der Waals surface area contributed by atoms with Crippen LogP contribution in [0, 0.1) is 0 Å². The zero-order chi connectivity index (χ0) is 23.3. The van der Waals surface area contributed by atoms with Gasteiger partial charge in [-0.3, -0.25) is 9.54 Å². The maximum Gasteiger partial charge on any atom is 0.295 e. The highest BCUT2D eigenvalue weighted by Gasteiger charge is 2.19. The first kappa shape index (κ1) is 22.0. The number of aromatic nitrogens is 1. The van der Waals surface area contributed by atoms with Crippen LogP contribution in [-0.4, -0.2) is 18.0 Å². The molecule has 11 heteroatoms. The number of nitrogens with zero attached hydrogens (tertiary/aromatic N) is 5. The molecule has 0 aliphatic rings. The van der Waals surface area contributed by atoms with E-state index in [4.69, 9.17) is 10.6 Å². The number of hydrogen-bond donors (Lipinski definition) is 2. The van der Waals surface area contributed by atoms with Crippen LogP contribution in [0.3, 0.4) is 0 Å². The van der Waals surface area contributed by atoms with Gasteiger partial charge in [0, 0.05) is 17.0 Å². The maximum absolute atomic E-state index is 11.9. The highest BCUT2D eigenvalue weighted by molar-refractivity contribution is 7.86. The van der Waals surface area contributed by atoms with Crippen molar-refractivity contribution in [2.45, 2.75) is 11.5 Å². The molecule has 0 spiro atoms. The Bertz CT molecular complexity index is 1440. The quantitative estimate of drug-likeness (QED) is 0.162. The largest absolute Gasteiger partial charge is 0.487 e. The van der Waals surface area contributed by atoms with Crippen molar-refractivity contribution in [3.63, 3.8) is 0 Å². The van der Waals surface area contributed by atoms with Crippen LogP contribution in [0.4, 0.5) is 17.1 Å². The molecule has 0 saturated heterocycles. The first-order valence-corrected chi connectivity index (χ1v) is 11.1. The second kappa shape index (κ2) is 9.51. The maximum atomic E-state index is 11.9. The molecular weight excluding hydrogens is 444 g/mol. The number of pyridine rings is 1. The fraction of sp³-hybridized carbons (Fsp3) is 0.0455. The Kier molecular flexibility index (Phi) is 6.33. The molecule has 0 unspecified atom stereocenters. The van der Waals surface area contributed by atoms with Crippen LogP contribution in [0.5, 0.6) is 5.75 Å². The summed E-state index contributed by atoms with van der Waals surface area (Å²) in [5, 5.41) is 16.1. The Morgan fingerprint density at radius 2 is 1.64 bits per heavy atom. The Morgan fingerprint density at radius 3 is 2.30 bits per heavy atom. The van der Waals surface area contributed by atoms with Gasteiger partial charge in [-0.2, -0.15) is 13.5 Å². The minimum Gasteiger partial charge on any atom is -0.487 e. The Labute approximate surface area is 189 Å². The Balaban J connectivity index is 1.64. The zero-order valence-corrected chi connectivity index (χ0v) is 17.9. The average molecular weight is 462 g/mol. The lowest BCUT2D eigenvalue weighted by Gasteiger charge is -2.09. The zero-order valence-electron chi connectivity index (χ0n) is 17.1. The van der Waals surface area contributed by atoms with Gasteiger partial charge in [0.25, 0.3) is 10.1 Å². The van der Waals surface area contributed by atoms with Crippen molar-refractivity contribution in [1.29, 1.82) is 0 Å². The number of ether oxygens (including phenoxy) is 1. The van der Waals surface area contributed by atoms with Gasteiger partial charge >= 0.3 is 0 Å². The normalized spacial score (nSPS) is 12.0. The van der Waals surface area contributed by atoms with Crippen LogP contribution >= 0.6 is 0 Å². The van der Waals surface area contributed by atoms with E-state index in [0.717, 1.165) is 5.69 Å². The fourth-order valence-corrected chi connectivity index (χ4v) is 3.84. The van der Waals surface area contributed by atoms with Gasteiger partial charge in [0.1, 0.15) is 28.6 Å². The predicted octanol–water partition coefficient (Wildman–Crippen LogP) is 5.43. The molecule has 3 aromatic carbocycles. The highest BCUT2D eigenvalue weighted by Crippen LogP contribution is 2.40. The molecule has 4 rings (SSSR count). The van der Waals surface area contributed by atoms with Crippen molar-refractivity contribution in [1.82, 2.24) is 4.98 Å². The fourth-order valence-electron chi connectivity index (χ4n) is 3.13. The van der Waals surface area contributed by atoms with E-state index in [0.29, 0.717) is 23.4 Å². The summed E-state index contributed by atoms with van der Waals surface area (Å²) in [5.74, 6) is 5.86. The van der Waals surface area contributed by atoms with Crippen molar-refractivity contribution in [3.05, 3.63) is 84.7 Å². The third kappa shape index (κ3) is 5.17. The molecule has 0 amide bonds. The van der Waals surface area contributed by atoms with Crippen molar-refractivity contribution >= 4 is 38.0 Å². The number of fused-ring (bicyclic) bond motifs is 1. The third-order valence-corrected chi connectivity index (χ3v) is 5.51. The van der Waals surface area contributed by atoms with Crippen LogP contribution in [0.25, 0.3) is 10.8 Å². The number of benzene rings is 3. The SMILES string of the molecule is NN=Nc1c(N=Nc2ccc(OCc3ccccn3)cc2)cc(S(=O)(=O)O)c2ccccc12. The lowest BCUT2D eigenvalue weighted by molar-refractivity contribution is 0.301. The molecule has 1 heterocycles. The van der Waals surface area contributed by atoms with E-state index >= 15 is 0 Å². The van der Waals surface area contributed by atoms with Gasteiger partial charge in [-0.15, -0.1) is 10.2 Å². The van der Waals surface area contributed by atoms with Gasteiger partial charge in [0.05, 0.1) is 11.4 Å². The molecule has 0 aliphatic carbocycles. The van der Waals surface area contributed by atoms with Crippen LogP contribution in [0.15, 0.2) is 104 Å². The molecule has 0 atom stereocenters. The van der Waals surface area contributed by atoms with E-state index in [9.17, 15) is 13.0 Å². The first-order chi connectivity index (χ1) is 16.0. The summed E-state index contributed by atoms with van der Waals surface area (Å²) in [6, 6.07) is 20.1. The van der Waals surface area contributed by atoms with Crippen molar-refractivity contribution in [2.24, 2.45) is 26.4 Å². The van der Waals surface area contributed by atoms with E-state index in [-0.39, 0.29) is 21.7 Å². The second-order valence-corrected chi connectivity index (χ2v) is 8.17. The molecule has 0 fully saturated rings. The van der Waals surface area contributed by atoms with Crippen LogP contribution in [-0.2, 0) is 16.7 Å². The smallest absolute Gasteiger partial charge is 0.295 e. The summed E-state index contributed by atoms with van der Waals surface area (Å²) in [4.78, 5) is 3.88. The molecule has 10 nitrogen and oxygen atoms in total. The number of azo groups is 1. The monoisotopic (exact) mass is 462 g/mol. The summed E-state index contributed by atoms with van der Waals surface area (Å²) < 4.78 is 39.2. The summed E-state index contributed by atoms with van der Waals surface area (Å²) in [6.45, 7) is 0.324. The molecule has 166 valence electrons. The summed E-state index contributed by atoms with van der Waals surface area (Å²) in [5.41, 5.74) is 1.58. The van der Waals surface area contributed by atoms with Crippen LogP contribution < -0.4 is 10.6 Å². The van der Waals surface area contributed by atoms with Crippen LogP contribution in [0.1, 0.15) is 5.69 Å². The van der Waals surface area contributed by atoms with Gasteiger partial charge in [0.2, 0.25) is 0 Å². The molecule has 4 aromatic rings. The number of rotatable bonds is 7. The van der Waals surface area contributed by atoms with Gasteiger partial charge in [-0.25, -0.2) is 0 Å². The predicted molar refractivity (Wildman–Crippen MR) is 122 cm³/mol. The van der Waals surface area contributed by atoms with E-state index in [1.165, 1.54) is 6.07 Å². The topological polar surface area (TPSA) is 152 Å². The number of nitrogens with two attached hydrogens (primary N) is 1. The van der Waals surface area contributed by atoms with Crippen molar-refractivity contribution < 1.29 is 17.7 Å². The van der Waals surface area contributed by atoms with E-state index in [1.807, 2.05) is 18.2 Å². The minimum atomic E-state index is -4.53. The van der Waals surface area contributed by atoms with Gasteiger partial charge < -0.3 is 10.6 Å². The second-order valence-electron chi connectivity index (χ2n) is 6.78. The lowest BCUT2D eigenvalue weighted by atomic mass is 10.1. The molecule has 0 radical (unpaired) electrons. The molecule has 33 heavy (non-hydrogen) atoms. The van der Waals surface area contributed by atoms with Crippen molar-refractivity contribution in [2.75, 3.05) is 0 Å². The van der Waals surface area contributed by atoms with Crippen LogP contribution in [0.2, 0.25) is 0 Å². The van der Waals surface area contributed by atoms with Gasteiger partial charge in [0.15, 0.2) is 0 Å². The summed E-state index contributed by atoms with van der Waals surface area (Å²) >= 11 is 0.